The standard InChI is InChI=1S/C13H11BrN2S2/c1-8(11-3-2-6-17-11)15-13-16-10-5-4-9(14)7-12(10)18-13/h2-8H,1H3,(H,15,16). The van der Waals surface area contributed by atoms with Crippen LogP contribution in [0.15, 0.2) is 40.2 Å². The van der Waals surface area contributed by atoms with Crippen LogP contribution in [0.25, 0.3) is 10.2 Å². The van der Waals surface area contributed by atoms with E-state index in [1.54, 1.807) is 22.7 Å². The Morgan fingerprint density at radius 3 is 3.00 bits per heavy atom. The Labute approximate surface area is 122 Å². The Hall–Kier alpha value is -0.910. The van der Waals surface area contributed by atoms with Gasteiger partial charge < -0.3 is 5.32 Å². The molecule has 0 saturated heterocycles. The number of hydrogen-bond donors (Lipinski definition) is 1. The SMILES string of the molecule is CC(Nc1nc2ccc(Br)cc2s1)c1cccs1. The highest BCUT2D eigenvalue weighted by Gasteiger charge is 2.09. The third kappa shape index (κ3) is 2.43. The molecular weight excluding hydrogens is 328 g/mol. The van der Waals surface area contributed by atoms with E-state index in [9.17, 15) is 0 Å². The second kappa shape index (κ2) is 4.99. The summed E-state index contributed by atoms with van der Waals surface area (Å²) in [5.74, 6) is 0. The molecule has 0 aliphatic carbocycles. The third-order valence-corrected chi connectivity index (χ3v) is 5.16. The maximum absolute atomic E-state index is 4.59. The summed E-state index contributed by atoms with van der Waals surface area (Å²) in [7, 11) is 0. The van der Waals surface area contributed by atoms with Crippen molar-refractivity contribution in [1.82, 2.24) is 4.98 Å². The third-order valence-electron chi connectivity index (χ3n) is 2.66. The van der Waals surface area contributed by atoms with Crippen molar-refractivity contribution in [3.8, 4) is 0 Å². The summed E-state index contributed by atoms with van der Waals surface area (Å²) < 4.78 is 2.29. The quantitative estimate of drug-likeness (QED) is 0.701. The number of rotatable bonds is 3. The maximum Gasteiger partial charge on any atom is 0.184 e. The van der Waals surface area contributed by atoms with Gasteiger partial charge in [0.25, 0.3) is 0 Å². The Morgan fingerprint density at radius 2 is 2.22 bits per heavy atom. The molecule has 0 amide bonds. The molecule has 0 saturated carbocycles. The number of hydrogen-bond acceptors (Lipinski definition) is 4. The van der Waals surface area contributed by atoms with E-state index in [4.69, 9.17) is 0 Å². The van der Waals surface area contributed by atoms with Crippen molar-refractivity contribution < 1.29 is 0 Å². The van der Waals surface area contributed by atoms with Gasteiger partial charge in [-0.2, -0.15) is 0 Å². The molecule has 0 aliphatic heterocycles. The van der Waals surface area contributed by atoms with Crippen molar-refractivity contribution in [1.29, 1.82) is 0 Å². The predicted molar refractivity (Wildman–Crippen MR) is 83.7 cm³/mol. The summed E-state index contributed by atoms with van der Waals surface area (Å²) in [6.45, 7) is 2.16. The van der Waals surface area contributed by atoms with Crippen molar-refractivity contribution in [2.45, 2.75) is 13.0 Å². The van der Waals surface area contributed by atoms with Crippen LogP contribution < -0.4 is 5.32 Å². The van der Waals surface area contributed by atoms with Crippen molar-refractivity contribution >= 4 is 54.0 Å². The van der Waals surface area contributed by atoms with Gasteiger partial charge in [0.15, 0.2) is 5.13 Å². The number of aromatic nitrogens is 1. The zero-order valence-corrected chi connectivity index (χ0v) is 12.9. The number of benzene rings is 1. The molecule has 1 N–H and O–H groups in total. The number of fused-ring (bicyclic) bond motifs is 1. The first-order valence-electron chi connectivity index (χ1n) is 5.58. The lowest BCUT2D eigenvalue weighted by atomic mass is 10.3. The van der Waals surface area contributed by atoms with Crippen molar-refractivity contribution in [3.63, 3.8) is 0 Å². The largest absolute Gasteiger partial charge is 0.354 e. The van der Waals surface area contributed by atoms with Gasteiger partial charge in [-0.05, 0) is 36.6 Å². The number of nitrogens with one attached hydrogen (secondary N) is 1. The van der Waals surface area contributed by atoms with E-state index in [1.807, 2.05) is 12.1 Å². The highest BCUT2D eigenvalue weighted by Crippen LogP contribution is 2.31. The fraction of sp³-hybridized carbons (Fsp3) is 0.154. The second-order valence-electron chi connectivity index (χ2n) is 4.01. The summed E-state index contributed by atoms with van der Waals surface area (Å²) in [6, 6.07) is 10.7. The Kier molecular flexibility index (Phi) is 3.37. The summed E-state index contributed by atoms with van der Waals surface area (Å²) in [4.78, 5) is 5.92. The van der Waals surface area contributed by atoms with Crippen molar-refractivity contribution in [2.75, 3.05) is 5.32 Å². The number of nitrogens with zero attached hydrogens (tertiary/aromatic N) is 1. The summed E-state index contributed by atoms with van der Waals surface area (Å²) in [6.07, 6.45) is 0. The minimum Gasteiger partial charge on any atom is -0.354 e. The Bertz CT molecular complexity index is 661. The summed E-state index contributed by atoms with van der Waals surface area (Å²) in [5, 5.41) is 6.53. The molecule has 0 radical (unpaired) electrons. The van der Waals surface area contributed by atoms with Crippen LogP contribution in [-0.2, 0) is 0 Å². The lowest BCUT2D eigenvalue weighted by molar-refractivity contribution is 0.905. The fourth-order valence-electron chi connectivity index (χ4n) is 1.75. The smallest absolute Gasteiger partial charge is 0.184 e. The molecule has 3 aromatic rings. The van der Waals surface area contributed by atoms with Crippen LogP contribution in [0.2, 0.25) is 0 Å². The van der Waals surface area contributed by atoms with E-state index >= 15 is 0 Å². The molecule has 0 spiro atoms. The molecule has 2 aromatic heterocycles. The lowest BCUT2D eigenvalue weighted by Crippen LogP contribution is -2.03. The van der Waals surface area contributed by atoms with Gasteiger partial charge in [0, 0.05) is 9.35 Å². The second-order valence-corrected chi connectivity index (χ2v) is 6.94. The minimum atomic E-state index is 0.300. The topological polar surface area (TPSA) is 24.9 Å². The molecule has 1 unspecified atom stereocenters. The zero-order chi connectivity index (χ0) is 12.5. The van der Waals surface area contributed by atoms with Crippen LogP contribution in [-0.4, -0.2) is 4.98 Å². The monoisotopic (exact) mass is 338 g/mol. The lowest BCUT2D eigenvalue weighted by Gasteiger charge is -2.09. The molecule has 18 heavy (non-hydrogen) atoms. The minimum absolute atomic E-state index is 0.300. The van der Waals surface area contributed by atoms with Crippen LogP contribution in [0.3, 0.4) is 0 Å². The predicted octanol–water partition coefficient (Wildman–Crippen LogP) is 5.29. The van der Waals surface area contributed by atoms with E-state index in [-0.39, 0.29) is 0 Å². The summed E-state index contributed by atoms with van der Waals surface area (Å²) >= 11 is 6.94. The molecule has 5 heteroatoms. The van der Waals surface area contributed by atoms with E-state index < -0.39 is 0 Å². The Balaban J connectivity index is 1.86. The molecule has 3 rings (SSSR count). The van der Waals surface area contributed by atoms with Gasteiger partial charge in [0.2, 0.25) is 0 Å². The van der Waals surface area contributed by atoms with E-state index in [0.29, 0.717) is 6.04 Å². The van der Waals surface area contributed by atoms with Gasteiger partial charge in [0.1, 0.15) is 0 Å². The molecular formula is C13H11BrN2S2. The molecule has 1 aromatic carbocycles. The van der Waals surface area contributed by atoms with Gasteiger partial charge in [0.05, 0.1) is 16.3 Å². The molecule has 2 nitrogen and oxygen atoms in total. The van der Waals surface area contributed by atoms with Crippen molar-refractivity contribution in [3.05, 3.63) is 45.1 Å². The van der Waals surface area contributed by atoms with Crippen LogP contribution in [0, 0.1) is 0 Å². The molecule has 0 fully saturated rings. The molecule has 0 aliphatic rings. The number of thiophene rings is 1. The highest BCUT2D eigenvalue weighted by atomic mass is 79.9. The number of anilines is 1. The van der Waals surface area contributed by atoms with Gasteiger partial charge in [-0.3, -0.25) is 0 Å². The van der Waals surface area contributed by atoms with Gasteiger partial charge in [-0.15, -0.1) is 11.3 Å². The number of halogens is 1. The molecule has 92 valence electrons. The van der Waals surface area contributed by atoms with Gasteiger partial charge in [-0.1, -0.05) is 33.3 Å². The van der Waals surface area contributed by atoms with Crippen LogP contribution in [0.4, 0.5) is 5.13 Å². The van der Waals surface area contributed by atoms with Crippen molar-refractivity contribution in [2.24, 2.45) is 0 Å². The average molecular weight is 339 g/mol. The van der Waals surface area contributed by atoms with E-state index in [2.05, 4.69) is 56.7 Å². The molecule has 1 atom stereocenters. The first kappa shape index (κ1) is 12.1. The van der Waals surface area contributed by atoms with E-state index in [0.717, 1.165) is 15.1 Å². The highest BCUT2D eigenvalue weighted by molar-refractivity contribution is 9.10. The van der Waals surface area contributed by atoms with Gasteiger partial charge in [-0.25, -0.2) is 4.98 Å². The van der Waals surface area contributed by atoms with Gasteiger partial charge >= 0.3 is 0 Å². The van der Waals surface area contributed by atoms with Crippen LogP contribution in [0.5, 0.6) is 0 Å². The molecule has 2 heterocycles. The normalized spacial score (nSPS) is 12.8. The Morgan fingerprint density at radius 1 is 1.33 bits per heavy atom. The summed E-state index contributed by atoms with van der Waals surface area (Å²) in [5.41, 5.74) is 1.05. The first-order valence-corrected chi connectivity index (χ1v) is 8.07. The van der Waals surface area contributed by atoms with Crippen LogP contribution in [0.1, 0.15) is 17.8 Å². The maximum atomic E-state index is 4.59. The zero-order valence-electron chi connectivity index (χ0n) is 9.68. The average Bonchev–Trinajstić information content (AvgIpc) is 2.95. The fourth-order valence-corrected chi connectivity index (χ4v) is 3.99. The van der Waals surface area contributed by atoms with E-state index in [1.165, 1.54) is 9.58 Å². The first-order chi connectivity index (χ1) is 8.72. The number of thiazole rings is 1. The van der Waals surface area contributed by atoms with Crippen LogP contribution >= 0.6 is 38.6 Å². The molecule has 0 bridgehead atoms.